The number of hydrogen-bond donors (Lipinski definition) is 0. The molecule has 0 saturated carbocycles. The Morgan fingerprint density at radius 3 is 3.07 bits per heavy atom. The maximum absolute atomic E-state index is 8.90. The van der Waals surface area contributed by atoms with E-state index in [2.05, 4.69) is 29.7 Å². The van der Waals surface area contributed by atoms with Gasteiger partial charge in [-0.2, -0.15) is 10.4 Å². The van der Waals surface area contributed by atoms with Gasteiger partial charge in [-0.1, -0.05) is 0 Å². The number of aromatic nitrogens is 2. The van der Waals surface area contributed by atoms with E-state index in [1.54, 1.807) is 0 Å². The van der Waals surface area contributed by atoms with Gasteiger partial charge in [-0.3, -0.25) is 4.68 Å². The van der Waals surface area contributed by atoms with Crippen molar-refractivity contribution in [3.05, 3.63) is 17.5 Å². The van der Waals surface area contributed by atoms with E-state index in [0.717, 1.165) is 19.3 Å². The van der Waals surface area contributed by atoms with E-state index >= 15 is 0 Å². The molecule has 1 aliphatic rings. The molecule has 74 valence electrons. The van der Waals surface area contributed by atoms with Gasteiger partial charge in [0.05, 0.1) is 18.2 Å². The van der Waals surface area contributed by atoms with Crippen LogP contribution in [0.5, 0.6) is 0 Å². The Balaban J connectivity index is 2.33. The van der Waals surface area contributed by atoms with Crippen molar-refractivity contribution in [2.24, 2.45) is 5.92 Å². The van der Waals surface area contributed by atoms with Gasteiger partial charge in [0.15, 0.2) is 0 Å². The molecule has 0 saturated heterocycles. The SMILES string of the molecule is CC(C)n1ncc2c1C[C@@H](C#N)CC2. The standard InChI is InChI=1S/C11H15N3/c1-8(2)14-11-5-9(6-12)3-4-10(11)7-13-14/h7-9H,3-5H2,1-2H3/t9-/m0/s1. The Morgan fingerprint density at radius 1 is 1.64 bits per heavy atom. The van der Waals surface area contributed by atoms with Gasteiger partial charge < -0.3 is 0 Å². The fourth-order valence-electron chi connectivity index (χ4n) is 2.08. The maximum atomic E-state index is 8.90. The van der Waals surface area contributed by atoms with Gasteiger partial charge in [0.1, 0.15) is 0 Å². The molecule has 14 heavy (non-hydrogen) atoms. The first kappa shape index (κ1) is 9.26. The summed E-state index contributed by atoms with van der Waals surface area (Å²) in [5, 5.41) is 13.3. The minimum atomic E-state index is 0.191. The van der Waals surface area contributed by atoms with Crippen molar-refractivity contribution in [3.8, 4) is 6.07 Å². The first-order valence-corrected chi connectivity index (χ1v) is 5.17. The molecule has 0 radical (unpaired) electrons. The Morgan fingerprint density at radius 2 is 2.43 bits per heavy atom. The molecule has 0 bridgehead atoms. The lowest BCUT2D eigenvalue weighted by Gasteiger charge is -2.19. The minimum absolute atomic E-state index is 0.191. The molecule has 0 unspecified atom stereocenters. The number of fused-ring (bicyclic) bond motifs is 1. The summed E-state index contributed by atoms with van der Waals surface area (Å²) >= 11 is 0. The topological polar surface area (TPSA) is 41.6 Å². The van der Waals surface area contributed by atoms with Gasteiger partial charge in [0, 0.05) is 18.2 Å². The lowest BCUT2D eigenvalue weighted by atomic mass is 9.89. The molecule has 0 N–H and O–H groups in total. The second-order valence-electron chi connectivity index (χ2n) is 4.22. The second kappa shape index (κ2) is 3.45. The van der Waals surface area contributed by atoms with Crippen LogP contribution in [-0.2, 0) is 12.8 Å². The summed E-state index contributed by atoms with van der Waals surface area (Å²) in [6.45, 7) is 4.26. The number of hydrogen-bond acceptors (Lipinski definition) is 2. The molecule has 0 spiro atoms. The van der Waals surface area contributed by atoms with Crippen molar-refractivity contribution >= 4 is 0 Å². The molecule has 0 aliphatic heterocycles. The van der Waals surface area contributed by atoms with Crippen LogP contribution in [0.2, 0.25) is 0 Å². The lowest BCUT2D eigenvalue weighted by Crippen LogP contribution is -2.17. The molecule has 1 aliphatic carbocycles. The van der Waals surface area contributed by atoms with E-state index in [4.69, 9.17) is 5.26 Å². The molecule has 3 heteroatoms. The number of aryl methyl sites for hydroxylation is 1. The van der Waals surface area contributed by atoms with Crippen LogP contribution in [0.1, 0.15) is 37.6 Å². The van der Waals surface area contributed by atoms with Gasteiger partial charge in [-0.25, -0.2) is 0 Å². The van der Waals surface area contributed by atoms with Crippen LogP contribution in [-0.4, -0.2) is 9.78 Å². The molecule has 1 atom stereocenters. The predicted molar refractivity (Wildman–Crippen MR) is 53.7 cm³/mol. The highest BCUT2D eigenvalue weighted by atomic mass is 15.3. The highest BCUT2D eigenvalue weighted by Crippen LogP contribution is 2.26. The number of nitriles is 1. The lowest BCUT2D eigenvalue weighted by molar-refractivity contribution is 0.470. The van der Waals surface area contributed by atoms with E-state index < -0.39 is 0 Å². The zero-order valence-electron chi connectivity index (χ0n) is 8.70. The number of rotatable bonds is 1. The van der Waals surface area contributed by atoms with Crippen molar-refractivity contribution in [2.75, 3.05) is 0 Å². The van der Waals surface area contributed by atoms with E-state index in [0.29, 0.717) is 6.04 Å². The zero-order valence-corrected chi connectivity index (χ0v) is 8.70. The second-order valence-corrected chi connectivity index (χ2v) is 4.22. The van der Waals surface area contributed by atoms with Crippen LogP contribution in [0.4, 0.5) is 0 Å². The molecule has 1 heterocycles. The van der Waals surface area contributed by atoms with Crippen molar-refractivity contribution in [2.45, 2.75) is 39.2 Å². The first-order chi connectivity index (χ1) is 6.72. The summed E-state index contributed by atoms with van der Waals surface area (Å²) in [6, 6.07) is 2.76. The van der Waals surface area contributed by atoms with E-state index in [1.807, 2.05) is 6.20 Å². The van der Waals surface area contributed by atoms with Gasteiger partial charge in [-0.15, -0.1) is 0 Å². The smallest absolute Gasteiger partial charge is 0.0659 e. The largest absolute Gasteiger partial charge is 0.267 e. The van der Waals surface area contributed by atoms with Gasteiger partial charge in [-0.05, 0) is 32.3 Å². The summed E-state index contributed by atoms with van der Waals surface area (Å²) in [5.74, 6) is 0.191. The fourth-order valence-corrected chi connectivity index (χ4v) is 2.08. The number of nitrogens with zero attached hydrogens (tertiary/aromatic N) is 3. The monoisotopic (exact) mass is 189 g/mol. The van der Waals surface area contributed by atoms with Crippen LogP contribution >= 0.6 is 0 Å². The quantitative estimate of drug-likeness (QED) is 0.678. The summed E-state index contributed by atoms with van der Waals surface area (Å²) in [4.78, 5) is 0. The molecule has 1 aromatic rings. The van der Waals surface area contributed by atoms with Crippen LogP contribution in [0.3, 0.4) is 0 Å². The third kappa shape index (κ3) is 1.41. The van der Waals surface area contributed by atoms with Crippen LogP contribution in [0.25, 0.3) is 0 Å². The Bertz CT molecular complexity index is 370. The maximum Gasteiger partial charge on any atom is 0.0659 e. The normalized spacial score (nSPS) is 20.6. The third-order valence-electron chi connectivity index (χ3n) is 2.86. The Hall–Kier alpha value is -1.30. The van der Waals surface area contributed by atoms with Gasteiger partial charge in [0.2, 0.25) is 0 Å². The average Bonchev–Trinajstić information content (AvgIpc) is 2.59. The third-order valence-corrected chi connectivity index (χ3v) is 2.86. The van der Waals surface area contributed by atoms with E-state index in [-0.39, 0.29) is 5.92 Å². The summed E-state index contributed by atoms with van der Waals surface area (Å²) in [7, 11) is 0. The highest BCUT2D eigenvalue weighted by Gasteiger charge is 2.22. The van der Waals surface area contributed by atoms with Crippen LogP contribution in [0, 0.1) is 17.2 Å². The molecule has 3 nitrogen and oxygen atoms in total. The first-order valence-electron chi connectivity index (χ1n) is 5.17. The molecular weight excluding hydrogens is 174 g/mol. The van der Waals surface area contributed by atoms with E-state index in [1.165, 1.54) is 11.3 Å². The molecule has 0 aromatic carbocycles. The van der Waals surface area contributed by atoms with E-state index in [9.17, 15) is 0 Å². The van der Waals surface area contributed by atoms with Crippen molar-refractivity contribution in [1.82, 2.24) is 9.78 Å². The highest BCUT2D eigenvalue weighted by molar-refractivity contribution is 5.23. The summed E-state index contributed by atoms with van der Waals surface area (Å²) in [6.07, 6.45) is 4.85. The Labute approximate surface area is 84.3 Å². The molecule has 0 amide bonds. The zero-order chi connectivity index (χ0) is 10.1. The summed E-state index contributed by atoms with van der Waals surface area (Å²) in [5.41, 5.74) is 2.61. The van der Waals surface area contributed by atoms with Gasteiger partial charge >= 0.3 is 0 Å². The van der Waals surface area contributed by atoms with Crippen molar-refractivity contribution in [1.29, 1.82) is 5.26 Å². The molecule has 0 fully saturated rings. The average molecular weight is 189 g/mol. The molecule has 1 aromatic heterocycles. The van der Waals surface area contributed by atoms with Crippen LogP contribution < -0.4 is 0 Å². The fraction of sp³-hybridized carbons (Fsp3) is 0.636. The van der Waals surface area contributed by atoms with Gasteiger partial charge in [0.25, 0.3) is 0 Å². The Kier molecular flexibility index (Phi) is 2.28. The predicted octanol–water partition coefficient (Wildman–Crippen LogP) is 2.09. The van der Waals surface area contributed by atoms with Crippen LogP contribution in [0.15, 0.2) is 6.20 Å². The molecular formula is C11H15N3. The summed E-state index contributed by atoms with van der Waals surface area (Å²) < 4.78 is 2.05. The van der Waals surface area contributed by atoms with Crippen molar-refractivity contribution < 1.29 is 0 Å². The van der Waals surface area contributed by atoms with Crippen molar-refractivity contribution in [3.63, 3.8) is 0 Å². The minimum Gasteiger partial charge on any atom is -0.267 e. The molecule has 2 rings (SSSR count).